The normalized spacial score (nSPS) is 12.3. The van der Waals surface area contributed by atoms with Crippen LogP contribution in [-0.2, 0) is 0 Å². The Kier molecular flexibility index (Phi) is 6.59. The molecule has 0 aliphatic carbocycles. The van der Waals surface area contributed by atoms with E-state index in [1.807, 2.05) is 62.6 Å². The first-order valence-corrected chi connectivity index (χ1v) is 8.61. The number of carbonyl (C=O) groups is 1. The van der Waals surface area contributed by atoms with Crippen molar-refractivity contribution in [3.8, 4) is 5.75 Å². The van der Waals surface area contributed by atoms with Gasteiger partial charge in [0.05, 0.1) is 13.2 Å². The molecule has 0 bridgehead atoms. The Labute approximate surface area is 150 Å². The molecule has 0 fully saturated rings. The summed E-state index contributed by atoms with van der Waals surface area (Å²) < 4.78 is 5.21. The summed E-state index contributed by atoms with van der Waals surface area (Å²) in [5, 5.41) is 3.04. The van der Waals surface area contributed by atoms with E-state index in [-0.39, 0.29) is 11.9 Å². The Hall–Kier alpha value is -2.33. The number of benzene rings is 2. The SMILES string of the molecule is COc1ccc(C(CNC(=O)c2ccc(C(C)C)cc2)N(C)C)cc1. The molecule has 1 amide bonds. The molecule has 1 atom stereocenters. The van der Waals surface area contributed by atoms with E-state index in [9.17, 15) is 4.79 Å². The van der Waals surface area contributed by atoms with Gasteiger partial charge in [0.2, 0.25) is 0 Å². The largest absolute Gasteiger partial charge is 0.497 e. The second-order valence-electron chi connectivity index (χ2n) is 6.74. The zero-order chi connectivity index (χ0) is 18.4. The number of nitrogens with one attached hydrogen (secondary N) is 1. The van der Waals surface area contributed by atoms with E-state index in [1.54, 1.807) is 7.11 Å². The highest BCUT2D eigenvalue weighted by Gasteiger charge is 2.16. The summed E-state index contributed by atoms with van der Waals surface area (Å²) in [6.07, 6.45) is 0. The van der Waals surface area contributed by atoms with Gasteiger partial charge in [-0.3, -0.25) is 4.79 Å². The van der Waals surface area contributed by atoms with Crippen LogP contribution in [0.25, 0.3) is 0 Å². The number of likely N-dealkylation sites (N-methyl/N-ethyl adjacent to an activating group) is 1. The van der Waals surface area contributed by atoms with Crippen molar-refractivity contribution in [1.82, 2.24) is 10.2 Å². The fraction of sp³-hybridized carbons (Fsp3) is 0.381. The van der Waals surface area contributed by atoms with Gasteiger partial charge in [0.15, 0.2) is 0 Å². The van der Waals surface area contributed by atoms with Gasteiger partial charge in [-0.05, 0) is 55.4 Å². The lowest BCUT2D eigenvalue weighted by Crippen LogP contribution is -2.34. The number of carbonyl (C=O) groups excluding carboxylic acids is 1. The molecule has 134 valence electrons. The first-order chi connectivity index (χ1) is 11.9. The fourth-order valence-electron chi connectivity index (χ4n) is 2.74. The Morgan fingerprint density at radius 3 is 2.04 bits per heavy atom. The summed E-state index contributed by atoms with van der Waals surface area (Å²) in [5.74, 6) is 1.25. The van der Waals surface area contributed by atoms with E-state index >= 15 is 0 Å². The summed E-state index contributed by atoms with van der Waals surface area (Å²) in [7, 11) is 5.68. The van der Waals surface area contributed by atoms with E-state index in [4.69, 9.17) is 4.74 Å². The predicted molar refractivity (Wildman–Crippen MR) is 102 cm³/mol. The minimum Gasteiger partial charge on any atom is -0.497 e. The summed E-state index contributed by atoms with van der Waals surface area (Å²) >= 11 is 0. The summed E-state index contributed by atoms with van der Waals surface area (Å²) in [6, 6.07) is 15.9. The molecule has 0 heterocycles. The van der Waals surface area contributed by atoms with Gasteiger partial charge in [0.1, 0.15) is 5.75 Å². The zero-order valence-corrected chi connectivity index (χ0v) is 15.7. The third kappa shape index (κ3) is 5.07. The fourth-order valence-corrected chi connectivity index (χ4v) is 2.74. The molecule has 0 aliphatic heterocycles. The van der Waals surface area contributed by atoms with Crippen LogP contribution in [0.15, 0.2) is 48.5 Å². The molecule has 0 spiro atoms. The molecule has 0 aromatic heterocycles. The monoisotopic (exact) mass is 340 g/mol. The predicted octanol–water partition coefficient (Wildman–Crippen LogP) is 3.85. The molecule has 1 unspecified atom stereocenters. The minimum atomic E-state index is -0.0457. The quantitative estimate of drug-likeness (QED) is 0.832. The molecule has 0 saturated heterocycles. The highest BCUT2D eigenvalue weighted by atomic mass is 16.5. The first-order valence-electron chi connectivity index (χ1n) is 8.61. The molecule has 0 aliphatic rings. The second-order valence-corrected chi connectivity index (χ2v) is 6.74. The number of methoxy groups -OCH3 is 1. The van der Waals surface area contributed by atoms with Gasteiger partial charge < -0.3 is 15.0 Å². The van der Waals surface area contributed by atoms with Crippen molar-refractivity contribution in [2.75, 3.05) is 27.7 Å². The molecule has 2 aromatic carbocycles. The number of rotatable bonds is 7. The van der Waals surface area contributed by atoms with Crippen LogP contribution in [0.1, 0.15) is 47.3 Å². The van der Waals surface area contributed by atoms with Crippen LogP contribution < -0.4 is 10.1 Å². The molecule has 4 nitrogen and oxygen atoms in total. The van der Waals surface area contributed by atoms with E-state index in [0.29, 0.717) is 18.0 Å². The molecule has 2 aromatic rings. The Morgan fingerprint density at radius 2 is 1.56 bits per heavy atom. The lowest BCUT2D eigenvalue weighted by molar-refractivity contribution is 0.0942. The van der Waals surface area contributed by atoms with Crippen LogP contribution in [0.4, 0.5) is 0 Å². The number of nitrogens with zero attached hydrogens (tertiary/aromatic N) is 1. The molecule has 0 saturated carbocycles. The topological polar surface area (TPSA) is 41.6 Å². The van der Waals surface area contributed by atoms with Gasteiger partial charge in [0, 0.05) is 12.1 Å². The average Bonchev–Trinajstić information content (AvgIpc) is 2.62. The van der Waals surface area contributed by atoms with Crippen LogP contribution in [-0.4, -0.2) is 38.6 Å². The third-order valence-corrected chi connectivity index (χ3v) is 4.42. The molecular weight excluding hydrogens is 312 g/mol. The lowest BCUT2D eigenvalue weighted by atomic mass is 10.0. The van der Waals surface area contributed by atoms with E-state index in [0.717, 1.165) is 11.3 Å². The summed E-state index contributed by atoms with van der Waals surface area (Å²) in [5.41, 5.74) is 3.07. The standard InChI is InChI=1S/C21H28N2O2/c1-15(2)16-6-8-18(9-7-16)21(24)22-14-20(23(3)4)17-10-12-19(25-5)13-11-17/h6-13,15,20H,14H2,1-5H3,(H,22,24). The Balaban J connectivity index is 2.03. The number of hydrogen-bond donors (Lipinski definition) is 1. The van der Waals surface area contributed by atoms with E-state index in [1.165, 1.54) is 5.56 Å². The highest BCUT2D eigenvalue weighted by Crippen LogP contribution is 2.21. The van der Waals surface area contributed by atoms with Crippen molar-refractivity contribution in [2.24, 2.45) is 0 Å². The van der Waals surface area contributed by atoms with Crippen molar-refractivity contribution in [1.29, 1.82) is 0 Å². The number of hydrogen-bond acceptors (Lipinski definition) is 3. The Bertz CT molecular complexity index is 676. The lowest BCUT2D eigenvalue weighted by Gasteiger charge is -2.25. The zero-order valence-electron chi connectivity index (χ0n) is 15.7. The van der Waals surface area contributed by atoms with E-state index in [2.05, 4.69) is 24.1 Å². The number of ether oxygens (including phenoxy) is 1. The van der Waals surface area contributed by atoms with Crippen molar-refractivity contribution >= 4 is 5.91 Å². The summed E-state index contributed by atoms with van der Waals surface area (Å²) in [4.78, 5) is 14.5. The first kappa shape index (κ1) is 19.0. The number of amides is 1. The van der Waals surface area contributed by atoms with E-state index < -0.39 is 0 Å². The third-order valence-electron chi connectivity index (χ3n) is 4.42. The maximum atomic E-state index is 12.4. The van der Waals surface area contributed by atoms with Crippen LogP contribution in [0.2, 0.25) is 0 Å². The smallest absolute Gasteiger partial charge is 0.251 e. The van der Waals surface area contributed by atoms with Gasteiger partial charge in [0.25, 0.3) is 5.91 Å². The Morgan fingerprint density at radius 1 is 1.00 bits per heavy atom. The van der Waals surface area contributed by atoms with Gasteiger partial charge >= 0.3 is 0 Å². The summed E-state index contributed by atoms with van der Waals surface area (Å²) in [6.45, 7) is 4.83. The van der Waals surface area contributed by atoms with Gasteiger partial charge in [-0.25, -0.2) is 0 Å². The van der Waals surface area contributed by atoms with Gasteiger partial charge in [-0.2, -0.15) is 0 Å². The van der Waals surface area contributed by atoms with Crippen molar-refractivity contribution in [2.45, 2.75) is 25.8 Å². The maximum absolute atomic E-state index is 12.4. The maximum Gasteiger partial charge on any atom is 0.251 e. The average molecular weight is 340 g/mol. The van der Waals surface area contributed by atoms with Crippen LogP contribution in [0.3, 0.4) is 0 Å². The van der Waals surface area contributed by atoms with Gasteiger partial charge in [-0.1, -0.05) is 38.1 Å². The molecule has 25 heavy (non-hydrogen) atoms. The van der Waals surface area contributed by atoms with Crippen LogP contribution in [0.5, 0.6) is 5.75 Å². The molecule has 2 rings (SSSR count). The highest BCUT2D eigenvalue weighted by molar-refractivity contribution is 5.94. The molecule has 4 heteroatoms. The van der Waals surface area contributed by atoms with Crippen LogP contribution >= 0.6 is 0 Å². The van der Waals surface area contributed by atoms with Crippen molar-refractivity contribution in [3.63, 3.8) is 0 Å². The van der Waals surface area contributed by atoms with Crippen molar-refractivity contribution < 1.29 is 9.53 Å². The minimum absolute atomic E-state index is 0.0457. The molecule has 1 N–H and O–H groups in total. The van der Waals surface area contributed by atoms with Gasteiger partial charge in [-0.15, -0.1) is 0 Å². The molecule has 0 radical (unpaired) electrons. The second kappa shape index (κ2) is 8.67. The van der Waals surface area contributed by atoms with Crippen LogP contribution in [0, 0.1) is 0 Å². The van der Waals surface area contributed by atoms with Crippen molar-refractivity contribution in [3.05, 3.63) is 65.2 Å². The molecular formula is C21H28N2O2.